The Morgan fingerprint density at radius 2 is 1.67 bits per heavy atom. The first-order chi connectivity index (χ1) is 15.8. The van der Waals surface area contributed by atoms with Crippen molar-refractivity contribution in [3.05, 3.63) is 0 Å². The lowest BCUT2D eigenvalue weighted by atomic mass is 9.44. The van der Waals surface area contributed by atoms with Gasteiger partial charge >= 0.3 is 11.9 Å². The molecule has 0 bridgehead atoms. The minimum atomic E-state index is -0.646. The van der Waals surface area contributed by atoms with Crippen molar-refractivity contribution in [2.24, 2.45) is 40.4 Å². The lowest BCUT2D eigenvalue weighted by Gasteiger charge is -2.61. The number of methoxy groups -OCH3 is 1. The predicted molar refractivity (Wildman–Crippen MR) is 128 cm³/mol. The molecule has 188 valence electrons. The quantitative estimate of drug-likeness (QED) is 0.324. The van der Waals surface area contributed by atoms with E-state index in [1.54, 1.807) is 0 Å². The van der Waals surface area contributed by atoms with Gasteiger partial charge in [-0.25, -0.2) is 0 Å². The lowest BCUT2D eigenvalue weighted by molar-refractivity contribution is -0.142. The van der Waals surface area contributed by atoms with E-state index in [2.05, 4.69) is 13.8 Å². The van der Waals surface area contributed by atoms with Gasteiger partial charge in [0.05, 0.1) is 13.2 Å². The second-order valence-electron chi connectivity index (χ2n) is 12.2. The Balaban J connectivity index is 1.33. The van der Waals surface area contributed by atoms with Crippen molar-refractivity contribution in [1.82, 2.24) is 0 Å². The molecule has 0 aliphatic heterocycles. The average molecular weight is 463 g/mol. The van der Waals surface area contributed by atoms with Gasteiger partial charge in [0.1, 0.15) is 0 Å². The fourth-order valence-corrected chi connectivity index (χ4v) is 9.02. The zero-order valence-electron chi connectivity index (χ0n) is 21.2. The summed E-state index contributed by atoms with van der Waals surface area (Å²) in [4.78, 5) is 22.3. The molecular formula is C28H46O5. The van der Waals surface area contributed by atoms with Crippen LogP contribution in [0.15, 0.2) is 0 Å². The van der Waals surface area contributed by atoms with E-state index in [4.69, 9.17) is 14.6 Å². The number of fused-ring (bicyclic) bond motifs is 5. The molecule has 5 heteroatoms. The number of carboxylic acids is 1. The largest absolute Gasteiger partial charge is 0.481 e. The van der Waals surface area contributed by atoms with Crippen LogP contribution in [0.4, 0.5) is 0 Å². The Morgan fingerprint density at radius 3 is 2.42 bits per heavy atom. The minimum absolute atomic E-state index is 0.145. The average Bonchev–Trinajstić information content (AvgIpc) is 3.12. The maximum atomic E-state index is 11.3. The fourth-order valence-electron chi connectivity index (χ4n) is 9.02. The molecule has 0 aromatic rings. The van der Waals surface area contributed by atoms with Crippen LogP contribution in [0, 0.1) is 40.4 Å². The Labute approximate surface area is 200 Å². The highest BCUT2D eigenvalue weighted by Gasteiger charge is 2.59. The maximum Gasteiger partial charge on any atom is 0.305 e. The van der Waals surface area contributed by atoms with Crippen molar-refractivity contribution in [2.45, 2.75) is 110 Å². The van der Waals surface area contributed by atoms with E-state index in [0.717, 1.165) is 55.3 Å². The third kappa shape index (κ3) is 4.99. The number of carbonyl (C=O) groups is 2. The normalized spacial score (nSPS) is 42.2. The number of aliphatic carboxylic acids is 1. The van der Waals surface area contributed by atoms with E-state index in [1.807, 2.05) is 0 Å². The molecular weight excluding hydrogens is 416 g/mol. The van der Waals surface area contributed by atoms with Gasteiger partial charge in [-0.1, -0.05) is 13.8 Å². The van der Waals surface area contributed by atoms with Crippen molar-refractivity contribution < 1.29 is 24.2 Å². The van der Waals surface area contributed by atoms with E-state index in [1.165, 1.54) is 58.5 Å². The number of hydrogen-bond donors (Lipinski definition) is 1. The zero-order chi connectivity index (χ0) is 23.6. The first kappa shape index (κ1) is 25.0. The van der Waals surface area contributed by atoms with Crippen molar-refractivity contribution in [2.75, 3.05) is 13.7 Å². The number of esters is 1. The molecule has 4 fully saturated rings. The van der Waals surface area contributed by atoms with Gasteiger partial charge < -0.3 is 14.6 Å². The van der Waals surface area contributed by atoms with Crippen molar-refractivity contribution >= 4 is 11.9 Å². The fraction of sp³-hybridized carbons (Fsp3) is 0.929. The summed E-state index contributed by atoms with van der Waals surface area (Å²) in [6.07, 6.45) is 15.6. The molecule has 4 saturated carbocycles. The van der Waals surface area contributed by atoms with Crippen LogP contribution in [0.25, 0.3) is 0 Å². The molecule has 4 rings (SSSR count). The first-order valence-corrected chi connectivity index (χ1v) is 13.7. The van der Waals surface area contributed by atoms with E-state index in [0.29, 0.717) is 36.4 Å². The summed E-state index contributed by atoms with van der Waals surface area (Å²) < 4.78 is 10.9. The topological polar surface area (TPSA) is 72.8 Å². The van der Waals surface area contributed by atoms with E-state index in [9.17, 15) is 9.59 Å². The van der Waals surface area contributed by atoms with Crippen LogP contribution in [-0.4, -0.2) is 36.9 Å². The molecule has 33 heavy (non-hydrogen) atoms. The lowest BCUT2D eigenvalue weighted by Crippen LogP contribution is -2.54. The van der Waals surface area contributed by atoms with Gasteiger partial charge in [-0.3, -0.25) is 9.59 Å². The van der Waals surface area contributed by atoms with Gasteiger partial charge in [0.2, 0.25) is 0 Å². The summed E-state index contributed by atoms with van der Waals surface area (Å²) in [5, 5.41) is 9.06. The molecule has 0 spiro atoms. The number of ether oxygens (including phenoxy) is 2. The maximum absolute atomic E-state index is 11.3. The van der Waals surface area contributed by atoms with Gasteiger partial charge in [0.25, 0.3) is 0 Å². The molecule has 0 aromatic heterocycles. The van der Waals surface area contributed by atoms with Gasteiger partial charge in [0.15, 0.2) is 0 Å². The minimum Gasteiger partial charge on any atom is -0.481 e. The third-order valence-corrected chi connectivity index (χ3v) is 10.9. The highest BCUT2D eigenvalue weighted by molar-refractivity contribution is 5.69. The summed E-state index contributed by atoms with van der Waals surface area (Å²) in [6, 6.07) is 0. The number of carbonyl (C=O) groups excluding carboxylic acids is 1. The summed E-state index contributed by atoms with van der Waals surface area (Å²) in [5.41, 5.74) is 0.889. The van der Waals surface area contributed by atoms with Crippen LogP contribution >= 0.6 is 0 Å². The zero-order valence-corrected chi connectivity index (χ0v) is 21.2. The molecule has 1 N–H and O–H groups in total. The van der Waals surface area contributed by atoms with Crippen LogP contribution in [0.1, 0.15) is 104 Å². The monoisotopic (exact) mass is 462 g/mol. The standard InChI is InChI=1S/C28H46O5/c1-27-16-14-24-22(23(27)12-10-19(27)6-4-7-25(29)30)11-9-20-18-21(13-15-28(20,24)2)33-17-5-8-26(31)32-3/h19-24H,4-18H2,1-3H3,(H,29,30). The highest BCUT2D eigenvalue weighted by Crippen LogP contribution is 2.68. The number of hydrogen-bond acceptors (Lipinski definition) is 4. The van der Waals surface area contributed by atoms with Crippen molar-refractivity contribution in [1.29, 1.82) is 0 Å². The molecule has 5 nitrogen and oxygen atoms in total. The Bertz CT molecular complexity index is 706. The van der Waals surface area contributed by atoms with Gasteiger partial charge in [-0.15, -0.1) is 0 Å². The smallest absolute Gasteiger partial charge is 0.305 e. The van der Waals surface area contributed by atoms with E-state index in [-0.39, 0.29) is 5.97 Å². The summed E-state index contributed by atoms with van der Waals surface area (Å²) in [5.74, 6) is 3.27. The Hall–Kier alpha value is -1.10. The molecule has 8 atom stereocenters. The molecule has 4 aliphatic carbocycles. The second kappa shape index (κ2) is 10.3. The summed E-state index contributed by atoms with van der Waals surface area (Å²) >= 11 is 0. The first-order valence-electron chi connectivity index (χ1n) is 13.7. The molecule has 0 aromatic carbocycles. The molecule has 0 saturated heterocycles. The van der Waals surface area contributed by atoms with E-state index >= 15 is 0 Å². The van der Waals surface area contributed by atoms with Gasteiger partial charge in [0, 0.05) is 19.4 Å². The Morgan fingerprint density at radius 1 is 0.909 bits per heavy atom. The SMILES string of the molecule is COC(=O)CCCOC1CCC2(C)C(CCC3C4CCC(CCCC(=O)O)C4(C)CCC32)C1. The van der Waals surface area contributed by atoms with Gasteiger partial charge in [-0.2, -0.15) is 0 Å². The van der Waals surface area contributed by atoms with Crippen LogP contribution in [0.5, 0.6) is 0 Å². The van der Waals surface area contributed by atoms with Gasteiger partial charge in [-0.05, 0) is 117 Å². The molecule has 4 aliphatic rings. The van der Waals surface area contributed by atoms with Crippen LogP contribution in [0.3, 0.4) is 0 Å². The number of carboxylic acid groups (broad SMARTS) is 1. The van der Waals surface area contributed by atoms with Crippen LogP contribution in [-0.2, 0) is 19.1 Å². The predicted octanol–water partition coefficient (Wildman–Crippen LogP) is 6.24. The van der Waals surface area contributed by atoms with Crippen molar-refractivity contribution in [3.8, 4) is 0 Å². The molecule has 0 amide bonds. The summed E-state index contributed by atoms with van der Waals surface area (Å²) in [6.45, 7) is 5.82. The molecule has 0 heterocycles. The van der Waals surface area contributed by atoms with Crippen molar-refractivity contribution in [3.63, 3.8) is 0 Å². The second-order valence-corrected chi connectivity index (χ2v) is 12.2. The molecule has 8 unspecified atom stereocenters. The number of rotatable bonds is 9. The summed E-state index contributed by atoms with van der Waals surface area (Å²) in [7, 11) is 1.44. The molecule has 0 radical (unpaired) electrons. The van der Waals surface area contributed by atoms with Crippen LogP contribution in [0.2, 0.25) is 0 Å². The third-order valence-electron chi connectivity index (χ3n) is 10.9. The van der Waals surface area contributed by atoms with Crippen LogP contribution < -0.4 is 0 Å². The van der Waals surface area contributed by atoms with E-state index < -0.39 is 5.97 Å². The highest BCUT2D eigenvalue weighted by atomic mass is 16.5. The Kier molecular flexibility index (Phi) is 7.77.